The monoisotopic (exact) mass is 438 g/mol. The van der Waals surface area contributed by atoms with Crippen LogP contribution in [0.5, 0.6) is 0 Å². The van der Waals surface area contributed by atoms with Crippen LogP contribution in [0.2, 0.25) is 0 Å². The van der Waals surface area contributed by atoms with Crippen molar-refractivity contribution in [3.8, 4) is 0 Å². The van der Waals surface area contributed by atoms with Crippen LogP contribution in [0.25, 0.3) is 0 Å². The van der Waals surface area contributed by atoms with E-state index in [1.165, 1.54) is 6.20 Å². The van der Waals surface area contributed by atoms with Gasteiger partial charge in [0.2, 0.25) is 5.95 Å². The Morgan fingerprint density at radius 1 is 1.22 bits per heavy atom. The molecule has 0 radical (unpaired) electrons. The first-order valence-corrected chi connectivity index (χ1v) is 11.0. The van der Waals surface area contributed by atoms with Gasteiger partial charge in [-0.05, 0) is 41.5 Å². The second-order valence-corrected chi connectivity index (χ2v) is 9.79. The summed E-state index contributed by atoms with van der Waals surface area (Å²) in [4.78, 5) is 37.5. The first-order valence-electron chi connectivity index (χ1n) is 11.0. The molecule has 8 nitrogen and oxygen atoms in total. The standard InChI is InChI=1S/C24H34N6O2/c1-24(2,3)17-10-15(9-16(12-17)22(32)29(4)5)11-20-19(21(26)31)13-27-23(28-20)30-8-6-7-18(25)14-30/h9-10,12-13,18H,6-8,11,14,25H2,1-5H3,(H2,26,31)/t18-/m0/s1. The lowest BCUT2D eigenvalue weighted by molar-refractivity contribution is 0.0827. The van der Waals surface area contributed by atoms with Crippen molar-refractivity contribution in [2.24, 2.45) is 11.5 Å². The zero-order valence-electron chi connectivity index (χ0n) is 19.7. The van der Waals surface area contributed by atoms with Gasteiger partial charge < -0.3 is 21.3 Å². The molecule has 1 aromatic carbocycles. The van der Waals surface area contributed by atoms with Gasteiger partial charge in [0.25, 0.3) is 11.8 Å². The van der Waals surface area contributed by atoms with E-state index in [1.54, 1.807) is 19.0 Å². The van der Waals surface area contributed by atoms with Crippen LogP contribution in [-0.4, -0.2) is 59.9 Å². The fourth-order valence-corrected chi connectivity index (χ4v) is 3.89. The molecule has 0 bridgehead atoms. The van der Waals surface area contributed by atoms with Crippen LogP contribution < -0.4 is 16.4 Å². The van der Waals surface area contributed by atoms with Crippen molar-refractivity contribution in [1.82, 2.24) is 14.9 Å². The largest absolute Gasteiger partial charge is 0.365 e. The fraction of sp³-hybridized carbons (Fsp3) is 0.500. The maximum Gasteiger partial charge on any atom is 0.253 e. The third-order valence-corrected chi connectivity index (χ3v) is 5.74. The molecule has 2 aromatic rings. The molecule has 0 spiro atoms. The summed E-state index contributed by atoms with van der Waals surface area (Å²) >= 11 is 0. The molecule has 2 amide bonds. The van der Waals surface area contributed by atoms with Crippen LogP contribution >= 0.6 is 0 Å². The lowest BCUT2D eigenvalue weighted by Gasteiger charge is -2.31. The summed E-state index contributed by atoms with van der Waals surface area (Å²) in [5.41, 5.74) is 15.0. The summed E-state index contributed by atoms with van der Waals surface area (Å²) in [5.74, 6) is -0.0895. The second-order valence-electron chi connectivity index (χ2n) is 9.79. The smallest absolute Gasteiger partial charge is 0.253 e. The minimum absolute atomic E-state index is 0.0712. The van der Waals surface area contributed by atoms with Crippen molar-refractivity contribution in [1.29, 1.82) is 0 Å². The second kappa shape index (κ2) is 9.24. The number of aromatic nitrogens is 2. The van der Waals surface area contributed by atoms with Crippen molar-refractivity contribution in [3.05, 3.63) is 52.3 Å². The molecule has 8 heteroatoms. The van der Waals surface area contributed by atoms with Gasteiger partial charge in [-0.25, -0.2) is 9.97 Å². The summed E-state index contributed by atoms with van der Waals surface area (Å²) < 4.78 is 0. The minimum Gasteiger partial charge on any atom is -0.365 e. The molecule has 0 unspecified atom stereocenters. The number of nitrogens with two attached hydrogens (primary N) is 2. The van der Waals surface area contributed by atoms with Crippen molar-refractivity contribution < 1.29 is 9.59 Å². The van der Waals surface area contributed by atoms with Crippen LogP contribution in [0.3, 0.4) is 0 Å². The van der Waals surface area contributed by atoms with Gasteiger partial charge in [-0.1, -0.05) is 26.8 Å². The van der Waals surface area contributed by atoms with Gasteiger partial charge in [0.1, 0.15) is 0 Å². The Morgan fingerprint density at radius 2 is 1.94 bits per heavy atom. The quantitative estimate of drug-likeness (QED) is 0.738. The number of rotatable bonds is 5. The summed E-state index contributed by atoms with van der Waals surface area (Å²) in [7, 11) is 3.47. The zero-order valence-corrected chi connectivity index (χ0v) is 19.7. The number of primary amides is 1. The molecule has 1 atom stereocenters. The highest BCUT2D eigenvalue weighted by molar-refractivity contribution is 5.95. The van der Waals surface area contributed by atoms with E-state index in [1.807, 2.05) is 12.1 Å². The zero-order chi connectivity index (χ0) is 23.6. The van der Waals surface area contributed by atoms with Crippen LogP contribution in [-0.2, 0) is 11.8 Å². The minimum atomic E-state index is -0.571. The molecule has 1 saturated heterocycles. The Balaban J connectivity index is 2.04. The molecule has 32 heavy (non-hydrogen) atoms. The first kappa shape index (κ1) is 23.7. The average Bonchev–Trinajstić information content (AvgIpc) is 2.72. The molecular formula is C24H34N6O2. The molecule has 2 heterocycles. The van der Waals surface area contributed by atoms with E-state index in [0.717, 1.165) is 30.5 Å². The van der Waals surface area contributed by atoms with Gasteiger partial charge in [0.15, 0.2) is 0 Å². The topological polar surface area (TPSA) is 118 Å². The summed E-state index contributed by atoms with van der Waals surface area (Å²) in [6, 6.07) is 5.94. The van der Waals surface area contributed by atoms with Crippen LogP contribution in [0.4, 0.5) is 5.95 Å². The Kier molecular flexibility index (Phi) is 6.83. The molecular weight excluding hydrogens is 404 g/mol. The number of hydrogen-bond donors (Lipinski definition) is 2. The van der Waals surface area contributed by atoms with Gasteiger partial charge >= 0.3 is 0 Å². The van der Waals surface area contributed by atoms with Crippen molar-refractivity contribution in [2.75, 3.05) is 32.1 Å². The van der Waals surface area contributed by atoms with Gasteiger partial charge in [-0.2, -0.15) is 0 Å². The Labute approximate surface area is 190 Å². The van der Waals surface area contributed by atoms with Gasteiger partial charge in [-0.15, -0.1) is 0 Å². The van der Waals surface area contributed by atoms with Gasteiger partial charge in [-0.3, -0.25) is 9.59 Å². The van der Waals surface area contributed by atoms with Crippen molar-refractivity contribution in [3.63, 3.8) is 0 Å². The molecule has 1 aliphatic heterocycles. The molecule has 1 aliphatic rings. The highest BCUT2D eigenvalue weighted by atomic mass is 16.2. The maximum absolute atomic E-state index is 12.7. The SMILES string of the molecule is CN(C)C(=O)c1cc(Cc2nc(N3CCC[C@H](N)C3)ncc2C(N)=O)cc(C(C)(C)C)c1. The van der Waals surface area contributed by atoms with Crippen LogP contribution in [0.1, 0.15) is 71.1 Å². The van der Waals surface area contributed by atoms with Gasteiger partial charge in [0, 0.05) is 51.4 Å². The Hall–Kier alpha value is -3.00. The highest BCUT2D eigenvalue weighted by Gasteiger charge is 2.23. The van der Waals surface area contributed by atoms with E-state index in [9.17, 15) is 9.59 Å². The molecule has 172 valence electrons. The molecule has 3 rings (SSSR count). The normalized spacial score (nSPS) is 16.7. The number of hydrogen-bond acceptors (Lipinski definition) is 6. The molecule has 4 N–H and O–H groups in total. The number of carbonyl (C=O) groups is 2. The van der Waals surface area contributed by atoms with E-state index in [0.29, 0.717) is 30.2 Å². The van der Waals surface area contributed by atoms with Crippen molar-refractivity contribution in [2.45, 2.75) is 51.5 Å². The lowest BCUT2D eigenvalue weighted by Crippen LogP contribution is -2.43. The number of piperidine rings is 1. The van der Waals surface area contributed by atoms with E-state index >= 15 is 0 Å². The van der Waals surface area contributed by atoms with Crippen LogP contribution in [0, 0.1) is 0 Å². The summed E-state index contributed by atoms with van der Waals surface area (Å²) in [5, 5.41) is 0. The summed E-state index contributed by atoms with van der Waals surface area (Å²) in [6.07, 6.45) is 3.82. The number of carbonyl (C=O) groups excluding carboxylic acids is 2. The average molecular weight is 439 g/mol. The van der Waals surface area contributed by atoms with E-state index in [4.69, 9.17) is 16.5 Å². The van der Waals surface area contributed by atoms with Crippen LogP contribution in [0.15, 0.2) is 24.4 Å². The van der Waals surface area contributed by atoms with E-state index in [-0.39, 0.29) is 22.9 Å². The number of benzene rings is 1. The van der Waals surface area contributed by atoms with E-state index in [2.05, 4.69) is 36.7 Å². The molecule has 1 aromatic heterocycles. The fourth-order valence-electron chi connectivity index (χ4n) is 3.89. The lowest BCUT2D eigenvalue weighted by atomic mass is 9.84. The molecule has 1 fully saturated rings. The third-order valence-electron chi connectivity index (χ3n) is 5.74. The van der Waals surface area contributed by atoms with E-state index < -0.39 is 5.91 Å². The number of anilines is 1. The highest BCUT2D eigenvalue weighted by Crippen LogP contribution is 2.27. The third kappa shape index (κ3) is 5.43. The summed E-state index contributed by atoms with van der Waals surface area (Å²) in [6.45, 7) is 7.81. The Bertz CT molecular complexity index is 1010. The predicted molar refractivity (Wildman–Crippen MR) is 126 cm³/mol. The molecule has 0 saturated carbocycles. The first-order chi connectivity index (χ1) is 15.0. The predicted octanol–water partition coefficient (Wildman–Crippen LogP) is 2.09. The number of amides is 2. The number of nitrogens with zero attached hydrogens (tertiary/aromatic N) is 4. The molecule has 0 aliphatic carbocycles. The van der Waals surface area contributed by atoms with Crippen molar-refractivity contribution >= 4 is 17.8 Å². The van der Waals surface area contributed by atoms with Gasteiger partial charge in [0.05, 0.1) is 11.3 Å². The maximum atomic E-state index is 12.7. The Morgan fingerprint density at radius 3 is 2.53 bits per heavy atom.